The van der Waals surface area contributed by atoms with Gasteiger partial charge in [-0.25, -0.2) is 4.79 Å². The number of carbonyl (C=O) groups is 2. The maximum Gasteiger partial charge on any atom is 0.321 e. The number of rotatable bonds is 3. The Bertz CT molecular complexity index is 603. The van der Waals surface area contributed by atoms with Crippen LogP contribution < -0.4 is 16.0 Å². The number of aliphatic hydroxyl groups is 1. The topological polar surface area (TPSA) is 93.7 Å². The first-order valence-electron chi connectivity index (χ1n) is 9.00. The number of benzene rings is 1. The summed E-state index contributed by atoms with van der Waals surface area (Å²) in [4.78, 5) is 26.3. The fourth-order valence-corrected chi connectivity index (χ4v) is 3.26. The zero-order valence-corrected chi connectivity index (χ0v) is 15.6. The van der Waals surface area contributed by atoms with Crippen LogP contribution in [0, 0.1) is 0 Å². The number of hydrogen-bond acceptors (Lipinski definition) is 4. The Labute approximate surface area is 159 Å². The van der Waals surface area contributed by atoms with E-state index in [9.17, 15) is 14.7 Å². The van der Waals surface area contributed by atoms with Gasteiger partial charge in [0.1, 0.15) is 0 Å². The largest absolute Gasteiger partial charge is 0.392 e. The number of likely N-dealkylation sites (tertiary alicyclic amines) is 1. The molecule has 0 radical (unpaired) electrons. The summed E-state index contributed by atoms with van der Waals surface area (Å²) in [6, 6.07) is 6.66. The number of halogens is 1. The van der Waals surface area contributed by atoms with Gasteiger partial charge in [-0.3, -0.25) is 4.79 Å². The highest BCUT2D eigenvalue weighted by molar-refractivity contribution is 5.95. The first-order valence-corrected chi connectivity index (χ1v) is 9.00. The maximum absolute atomic E-state index is 12.3. The van der Waals surface area contributed by atoms with Crippen LogP contribution in [0.25, 0.3) is 0 Å². The number of aliphatic hydroxyl groups excluding tert-OH is 1. The molecular formula is C18H27ClN4O3. The molecule has 2 heterocycles. The lowest BCUT2D eigenvalue weighted by Gasteiger charge is -2.20. The second kappa shape index (κ2) is 9.75. The van der Waals surface area contributed by atoms with Crippen molar-refractivity contribution in [2.24, 2.45) is 0 Å². The molecule has 3 amide bonds. The van der Waals surface area contributed by atoms with E-state index in [1.54, 1.807) is 24.3 Å². The van der Waals surface area contributed by atoms with Gasteiger partial charge in [0.2, 0.25) is 5.91 Å². The summed E-state index contributed by atoms with van der Waals surface area (Å²) in [5.41, 5.74) is 1.38. The first-order chi connectivity index (χ1) is 12.1. The number of β-amino-alcohol motifs (C(OH)–C–C–N with tert-alkyl or cyclic N) is 1. The Balaban J connectivity index is 0.00000243. The lowest BCUT2D eigenvalue weighted by atomic mass is 10.2. The van der Waals surface area contributed by atoms with Crippen LogP contribution in [-0.2, 0) is 4.79 Å². The number of carbonyl (C=O) groups excluding carboxylic acids is 2. The molecule has 1 aromatic rings. The highest BCUT2D eigenvalue weighted by Crippen LogP contribution is 2.17. The monoisotopic (exact) mass is 382 g/mol. The van der Waals surface area contributed by atoms with Crippen molar-refractivity contribution in [2.75, 3.05) is 30.3 Å². The third-order valence-corrected chi connectivity index (χ3v) is 4.72. The van der Waals surface area contributed by atoms with E-state index < -0.39 is 6.10 Å². The van der Waals surface area contributed by atoms with E-state index in [4.69, 9.17) is 0 Å². The third kappa shape index (κ3) is 5.59. The molecule has 2 aliphatic rings. The fraction of sp³-hybridized carbons (Fsp3) is 0.556. The van der Waals surface area contributed by atoms with Crippen molar-refractivity contribution in [2.45, 2.75) is 44.2 Å². The summed E-state index contributed by atoms with van der Waals surface area (Å²) in [6.07, 6.45) is 4.45. The van der Waals surface area contributed by atoms with Crippen molar-refractivity contribution < 1.29 is 14.7 Å². The molecule has 2 unspecified atom stereocenters. The van der Waals surface area contributed by atoms with Gasteiger partial charge >= 0.3 is 6.03 Å². The van der Waals surface area contributed by atoms with E-state index in [1.165, 1.54) is 12.8 Å². The van der Waals surface area contributed by atoms with Crippen molar-refractivity contribution in [1.82, 2.24) is 10.2 Å². The van der Waals surface area contributed by atoms with Crippen LogP contribution in [0.5, 0.6) is 0 Å². The molecule has 2 saturated heterocycles. The summed E-state index contributed by atoms with van der Waals surface area (Å²) in [7, 11) is 0. The van der Waals surface area contributed by atoms with E-state index >= 15 is 0 Å². The minimum atomic E-state index is -0.465. The Morgan fingerprint density at radius 2 is 1.58 bits per heavy atom. The second-order valence-corrected chi connectivity index (χ2v) is 6.75. The van der Waals surface area contributed by atoms with Crippen molar-refractivity contribution in [3.63, 3.8) is 0 Å². The molecule has 0 spiro atoms. The molecule has 26 heavy (non-hydrogen) atoms. The van der Waals surface area contributed by atoms with E-state index in [0.29, 0.717) is 24.3 Å². The Morgan fingerprint density at radius 3 is 2.12 bits per heavy atom. The predicted molar refractivity (Wildman–Crippen MR) is 104 cm³/mol. The van der Waals surface area contributed by atoms with Gasteiger partial charge in [-0.2, -0.15) is 0 Å². The van der Waals surface area contributed by atoms with Crippen LogP contribution in [0.2, 0.25) is 0 Å². The third-order valence-electron chi connectivity index (χ3n) is 4.72. The number of nitrogens with one attached hydrogen (secondary N) is 3. The van der Waals surface area contributed by atoms with Crippen LogP contribution >= 0.6 is 12.4 Å². The van der Waals surface area contributed by atoms with Crippen molar-refractivity contribution in [1.29, 1.82) is 0 Å². The molecule has 2 fully saturated rings. The molecule has 0 bridgehead atoms. The molecule has 1 aromatic carbocycles. The lowest BCUT2D eigenvalue weighted by Crippen LogP contribution is -2.35. The number of urea groups is 1. The van der Waals surface area contributed by atoms with Crippen LogP contribution in [0.4, 0.5) is 16.2 Å². The van der Waals surface area contributed by atoms with Gasteiger partial charge in [-0.05, 0) is 43.5 Å². The normalized spacial score (nSPS) is 22.9. The molecule has 0 aliphatic carbocycles. The summed E-state index contributed by atoms with van der Waals surface area (Å²) >= 11 is 0. The standard InChI is InChI=1S/C18H26N4O3.ClH/c23-15-11-16(19-12-15)17(24)20-13-5-7-14(8-6-13)21-18(25)22-9-3-1-2-4-10-22;/h5-8,15-16,19,23H,1-4,9-12H2,(H,20,24)(H,21,25);1H. The minimum Gasteiger partial charge on any atom is -0.392 e. The molecule has 8 heteroatoms. The van der Waals surface area contributed by atoms with Crippen LogP contribution in [0.3, 0.4) is 0 Å². The Hall–Kier alpha value is -1.83. The minimum absolute atomic E-state index is 0. The van der Waals surface area contributed by atoms with Crippen LogP contribution in [0.1, 0.15) is 32.1 Å². The summed E-state index contributed by atoms with van der Waals surface area (Å²) in [5, 5.41) is 18.2. The van der Waals surface area contributed by atoms with Gasteiger partial charge in [0.25, 0.3) is 0 Å². The smallest absolute Gasteiger partial charge is 0.321 e. The van der Waals surface area contributed by atoms with Gasteiger partial charge in [0.15, 0.2) is 0 Å². The SMILES string of the molecule is Cl.O=C(Nc1ccc(NC(=O)N2CCCCCC2)cc1)C1CC(O)CN1. The van der Waals surface area contributed by atoms with Crippen molar-refractivity contribution in [3.05, 3.63) is 24.3 Å². The summed E-state index contributed by atoms with van der Waals surface area (Å²) in [5.74, 6) is -0.155. The number of nitrogens with zero attached hydrogens (tertiary/aromatic N) is 1. The predicted octanol–water partition coefficient (Wildman–Crippen LogP) is 2.18. The average molecular weight is 383 g/mol. The Kier molecular flexibility index (Phi) is 7.68. The average Bonchev–Trinajstić information content (AvgIpc) is 2.87. The van der Waals surface area contributed by atoms with E-state index in [-0.39, 0.29) is 30.4 Å². The van der Waals surface area contributed by atoms with E-state index in [2.05, 4.69) is 16.0 Å². The maximum atomic E-state index is 12.3. The lowest BCUT2D eigenvalue weighted by molar-refractivity contribution is -0.117. The van der Waals surface area contributed by atoms with Gasteiger partial charge in [-0.15, -0.1) is 12.4 Å². The molecule has 0 aromatic heterocycles. The molecule has 144 valence electrons. The van der Waals surface area contributed by atoms with Crippen molar-refractivity contribution in [3.8, 4) is 0 Å². The first kappa shape index (κ1) is 20.5. The summed E-state index contributed by atoms with van der Waals surface area (Å²) < 4.78 is 0. The number of anilines is 2. The molecule has 4 N–H and O–H groups in total. The highest BCUT2D eigenvalue weighted by Gasteiger charge is 2.27. The van der Waals surface area contributed by atoms with Gasteiger partial charge in [0.05, 0.1) is 12.1 Å². The highest BCUT2D eigenvalue weighted by atomic mass is 35.5. The van der Waals surface area contributed by atoms with Gasteiger partial charge < -0.3 is 26.0 Å². The number of amides is 3. The molecule has 2 atom stereocenters. The number of hydrogen-bond donors (Lipinski definition) is 4. The molecule has 2 aliphatic heterocycles. The second-order valence-electron chi connectivity index (χ2n) is 6.75. The van der Waals surface area contributed by atoms with Gasteiger partial charge in [-0.1, -0.05) is 12.8 Å². The molecule has 0 saturated carbocycles. The molecule has 3 rings (SSSR count). The molecule has 7 nitrogen and oxygen atoms in total. The van der Waals surface area contributed by atoms with Crippen LogP contribution in [-0.4, -0.2) is 53.7 Å². The fourth-order valence-electron chi connectivity index (χ4n) is 3.26. The zero-order chi connectivity index (χ0) is 17.6. The molecular weight excluding hydrogens is 356 g/mol. The quantitative estimate of drug-likeness (QED) is 0.644. The van der Waals surface area contributed by atoms with E-state index in [1.807, 2.05) is 4.90 Å². The van der Waals surface area contributed by atoms with Gasteiger partial charge in [0, 0.05) is 31.0 Å². The Morgan fingerprint density at radius 1 is 1.00 bits per heavy atom. The zero-order valence-electron chi connectivity index (χ0n) is 14.7. The summed E-state index contributed by atoms with van der Waals surface area (Å²) in [6.45, 7) is 2.06. The van der Waals surface area contributed by atoms with Crippen LogP contribution in [0.15, 0.2) is 24.3 Å². The van der Waals surface area contributed by atoms with Crippen molar-refractivity contribution >= 4 is 35.7 Å². The van der Waals surface area contributed by atoms with E-state index in [0.717, 1.165) is 25.9 Å².